The third-order valence-electron chi connectivity index (χ3n) is 2.96. The van der Waals surface area contributed by atoms with E-state index in [1.54, 1.807) is 11.3 Å². The summed E-state index contributed by atoms with van der Waals surface area (Å²) in [6.07, 6.45) is 1.40. The molecule has 0 spiro atoms. The lowest BCUT2D eigenvalue weighted by atomic mass is 10.0. The number of hydrogen-bond acceptors (Lipinski definition) is 4. The Balaban J connectivity index is 2.54. The van der Waals surface area contributed by atoms with E-state index in [-0.39, 0.29) is 6.42 Å². The van der Waals surface area contributed by atoms with Gasteiger partial charge >= 0.3 is 5.97 Å². The lowest BCUT2D eigenvalue weighted by Gasteiger charge is -2.11. The summed E-state index contributed by atoms with van der Waals surface area (Å²) in [5.41, 5.74) is 2.43. The Morgan fingerprint density at radius 1 is 1.30 bits per heavy atom. The first kappa shape index (κ1) is 15.1. The fraction of sp³-hybridized carbons (Fsp3) is 0.357. The number of aryl methyl sites for hydroxylation is 2. The summed E-state index contributed by atoms with van der Waals surface area (Å²) in [6, 6.07) is 1.98. The topological polar surface area (TPSA) is 63.1 Å². The first-order valence-corrected chi connectivity index (χ1v) is 8.07. The normalized spacial score (nSPS) is 10.8. The summed E-state index contributed by atoms with van der Waals surface area (Å²) in [5, 5.41) is 11.0. The van der Waals surface area contributed by atoms with Crippen LogP contribution in [0.3, 0.4) is 0 Å². The number of thiophene rings is 1. The van der Waals surface area contributed by atoms with Gasteiger partial charge in [0.1, 0.15) is 0 Å². The molecule has 2 heterocycles. The van der Waals surface area contributed by atoms with E-state index in [0.717, 1.165) is 26.3 Å². The molecule has 0 amide bonds. The Kier molecular flexibility index (Phi) is 4.88. The summed E-state index contributed by atoms with van der Waals surface area (Å²) in [4.78, 5) is 21.1. The smallest absolute Gasteiger partial charge is 0.307 e. The van der Waals surface area contributed by atoms with Crippen molar-refractivity contribution in [3.63, 3.8) is 0 Å². The second-order valence-electron chi connectivity index (χ2n) is 4.33. The summed E-state index contributed by atoms with van der Waals surface area (Å²) in [5.74, 6) is -0.159. The molecule has 2 aromatic rings. The molecule has 0 fully saturated rings. The molecule has 2 rings (SSSR count). The summed E-state index contributed by atoms with van der Waals surface area (Å²) in [7, 11) is 0. The van der Waals surface area contributed by atoms with Crippen LogP contribution < -0.4 is 0 Å². The summed E-state index contributed by atoms with van der Waals surface area (Å²) < 4.78 is 1.01. The number of aromatic nitrogens is 2. The van der Waals surface area contributed by atoms with E-state index < -0.39 is 5.97 Å². The molecular weight excluding hydrogens is 340 g/mol. The zero-order valence-corrected chi connectivity index (χ0v) is 13.7. The van der Waals surface area contributed by atoms with E-state index in [1.807, 2.05) is 25.3 Å². The molecule has 6 heteroatoms. The van der Waals surface area contributed by atoms with Gasteiger partial charge in [-0.15, -0.1) is 11.3 Å². The highest BCUT2D eigenvalue weighted by molar-refractivity contribution is 9.10. The minimum atomic E-state index is -0.843. The largest absolute Gasteiger partial charge is 0.481 e. The molecule has 0 aliphatic carbocycles. The molecule has 0 saturated carbocycles. The standard InChI is InChI=1S/C14H15BrN2O2S/c1-3-10-9(6-13(18)19)11(4-2)17-14(16-10)12-5-8(15)7-20-12/h5,7H,3-4,6H2,1-2H3,(H,18,19). The number of rotatable bonds is 5. The zero-order valence-electron chi connectivity index (χ0n) is 11.3. The van der Waals surface area contributed by atoms with E-state index >= 15 is 0 Å². The van der Waals surface area contributed by atoms with Crippen LogP contribution in [-0.2, 0) is 24.1 Å². The number of halogens is 1. The van der Waals surface area contributed by atoms with E-state index in [0.29, 0.717) is 18.7 Å². The van der Waals surface area contributed by atoms with Crippen molar-refractivity contribution >= 4 is 33.2 Å². The molecule has 2 aromatic heterocycles. The molecule has 20 heavy (non-hydrogen) atoms. The number of carboxylic acids is 1. The van der Waals surface area contributed by atoms with Gasteiger partial charge in [0.05, 0.1) is 11.3 Å². The van der Waals surface area contributed by atoms with Crippen LogP contribution >= 0.6 is 27.3 Å². The Labute approximate surface area is 130 Å². The first-order chi connectivity index (χ1) is 9.55. The predicted molar refractivity (Wildman–Crippen MR) is 83.1 cm³/mol. The molecule has 0 atom stereocenters. The lowest BCUT2D eigenvalue weighted by Crippen LogP contribution is -2.11. The zero-order chi connectivity index (χ0) is 14.7. The maximum absolute atomic E-state index is 11.0. The Morgan fingerprint density at radius 3 is 2.30 bits per heavy atom. The number of carboxylic acid groups (broad SMARTS) is 1. The molecular formula is C14H15BrN2O2S. The molecule has 0 saturated heterocycles. The van der Waals surface area contributed by atoms with Crippen molar-refractivity contribution in [2.75, 3.05) is 0 Å². The molecule has 0 aliphatic heterocycles. The highest BCUT2D eigenvalue weighted by Gasteiger charge is 2.16. The van der Waals surface area contributed by atoms with Gasteiger partial charge < -0.3 is 5.11 Å². The van der Waals surface area contributed by atoms with Crippen molar-refractivity contribution in [3.05, 3.63) is 32.9 Å². The molecule has 0 aliphatic rings. The Bertz CT molecular complexity index is 615. The monoisotopic (exact) mass is 354 g/mol. The predicted octanol–water partition coefficient (Wildman–Crippen LogP) is 3.72. The van der Waals surface area contributed by atoms with Gasteiger partial charge in [0.15, 0.2) is 5.82 Å². The van der Waals surface area contributed by atoms with Gasteiger partial charge in [-0.1, -0.05) is 13.8 Å². The quantitative estimate of drug-likeness (QED) is 0.888. The average Bonchev–Trinajstić information content (AvgIpc) is 2.85. The Morgan fingerprint density at radius 2 is 1.90 bits per heavy atom. The van der Waals surface area contributed by atoms with Crippen LogP contribution in [0.5, 0.6) is 0 Å². The van der Waals surface area contributed by atoms with Gasteiger partial charge in [-0.3, -0.25) is 4.79 Å². The second-order valence-corrected chi connectivity index (χ2v) is 6.15. The van der Waals surface area contributed by atoms with Crippen LogP contribution in [0.25, 0.3) is 10.7 Å². The van der Waals surface area contributed by atoms with Crippen molar-refractivity contribution in [2.45, 2.75) is 33.1 Å². The van der Waals surface area contributed by atoms with E-state index in [2.05, 4.69) is 25.9 Å². The molecule has 0 radical (unpaired) electrons. The van der Waals surface area contributed by atoms with Crippen molar-refractivity contribution in [3.8, 4) is 10.7 Å². The van der Waals surface area contributed by atoms with Gasteiger partial charge in [0.2, 0.25) is 0 Å². The number of hydrogen-bond donors (Lipinski definition) is 1. The third-order valence-corrected chi connectivity index (χ3v) is 4.65. The second kappa shape index (κ2) is 6.45. The van der Waals surface area contributed by atoms with E-state index in [1.165, 1.54) is 0 Å². The summed E-state index contributed by atoms with van der Waals surface area (Å²) >= 11 is 5.00. The van der Waals surface area contributed by atoms with Crippen LogP contribution in [0.4, 0.5) is 0 Å². The van der Waals surface area contributed by atoms with Crippen LogP contribution in [0.15, 0.2) is 15.9 Å². The molecule has 0 unspecified atom stereocenters. The third kappa shape index (κ3) is 3.24. The average molecular weight is 355 g/mol. The molecule has 0 bridgehead atoms. The SMILES string of the molecule is CCc1nc(-c2cc(Br)cs2)nc(CC)c1CC(=O)O. The number of carbonyl (C=O) groups is 1. The highest BCUT2D eigenvalue weighted by atomic mass is 79.9. The molecule has 0 aromatic carbocycles. The molecule has 1 N–H and O–H groups in total. The van der Waals surface area contributed by atoms with Crippen molar-refractivity contribution in [2.24, 2.45) is 0 Å². The minimum Gasteiger partial charge on any atom is -0.481 e. The maximum Gasteiger partial charge on any atom is 0.307 e. The van der Waals surface area contributed by atoms with Gasteiger partial charge in [0.25, 0.3) is 0 Å². The maximum atomic E-state index is 11.0. The first-order valence-electron chi connectivity index (χ1n) is 6.40. The molecule has 106 valence electrons. The van der Waals surface area contributed by atoms with Crippen molar-refractivity contribution in [1.82, 2.24) is 9.97 Å². The number of nitrogens with zero attached hydrogens (tertiary/aromatic N) is 2. The van der Waals surface area contributed by atoms with Gasteiger partial charge in [0, 0.05) is 26.8 Å². The van der Waals surface area contributed by atoms with Gasteiger partial charge in [-0.25, -0.2) is 9.97 Å². The van der Waals surface area contributed by atoms with Gasteiger partial charge in [-0.2, -0.15) is 0 Å². The van der Waals surface area contributed by atoms with Crippen LogP contribution in [0.2, 0.25) is 0 Å². The number of aliphatic carboxylic acids is 1. The van der Waals surface area contributed by atoms with Crippen LogP contribution in [0.1, 0.15) is 30.8 Å². The van der Waals surface area contributed by atoms with Crippen LogP contribution in [0, 0.1) is 0 Å². The molecule has 4 nitrogen and oxygen atoms in total. The van der Waals surface area contributed by atoms with Crippen LogP contribution in [-0.4, -0.2) is 21.0 Å². The summed E-state index contributed by atoms with van der Waals surface area (Å²) in [6.45, 7) is 3.97. The highest BCUT2D eigenvalue weighted by Crippen LogP contribution is 2.29. The Hall–Kier alpha value is -1.27. The fourth-order valence-corrected chi connectivity index (χ4v) is 3.42. The van der Waals surface area contributed by atoms with E-state index in [9.17, 15) is 4.79 Å². The van der Waals surface area contributed by atoms with Crippen molar-refractivity contribution < 1.29 is 9.90 Å². The van der Waals surface area contributed by atoms with Crippen molar-refractivity contribution in [1.29, 1.82) is 0 Å². The van der Waals surface area contributed by atoms with Gasteiger partial charge in [-0.05, 0) is 34.8 Å². The minimum absolute atomic E-state index is 0.0131. The fourth-order valence-electron chi connectivity index (χ4n) is 2.06. The van der Waals surface area contributed by atoms with E-state index in [4.69, 9.17) is 5.11 Å². The lowest BCUT2D eigenvalue weighted by molar-refractivity contribution is -0.136.